The van der Waals surface area contributed by atoms with Crippen molar-refractivity contribution in [3.8, 4) is 0 Å². The molecule has 0 aliphatic heterocycles. The molecule has 2 N–H and O–H groups in total. The van der Waals surface area contributed by atoms with Gasteiger partial charge in [-0.2, -0.15) is 0 Å². The number of aryl methyl sites for hydroxylation is 2. The molecule has 0 spiro atoms. The van der Waals surface area contributed by atoms with Gasteiger partial charge in [-0.25, -0.2) is 9.78 Å². The Labute approximate surface area is 120 Å². The van der Waals surface area contributed by atoms with Crippen LogP contribution in [0.15, 0.2) is 24.4 Å². The monoisotopic (exact) mass is 290 g/mol. The largest absolute Gasteiger partial charge is 0.478 e. The molecular formula is C14H14N2O3S. The predicted molar refractivity (Wildman–Crippen MR) is 77.6 cm³/mol. The van der Waals surface area contributed by atoms with Crippen molar-refractivity contribution >= 4 is 29.0 Å². The molecular weight excluding hydrogens is 276 g/mol. The lowest BCUT2D eigenvalue weighted by atomic mass is 10.2. The van der Waals surface area contributed by atoms with Crippen molar-refractivity contribution in [3.63, 3.8) is 0 Å². The van der Waals surface area contributed by atoms with Crippen LogP contribution in [0.3, 0.4) is 0 Å². The first-order valence-corrected chi connectivity index (χ1v) is 6.93. The summed E-state index contributed by atoms with van der Waals surface area (Å²) in [5.41, 5.74) is 1.10. The van der Waals surface area contributed by atoms with Gasteiger partial charge in [-0.15, -0.1) is 11.3 Å². The quantitative estimate of drug-likeness (QED) is 0.907. The third-order valence-corrected chi connectivity index (χ3v) is 3.99. The van der Waals surface area contributed by atoms with E-state index in [2.05, 4.69) is 10.3 Å². The van der Waals surface area contributed by atoms with Crippen LogP contribution in [0.1, 0.15) is 37.4 Å². The molecule has 2 aromatic heterocycles. The number of aromatic carboxylic acids is 1. The van der Waals surface area contributed by atoms with Crippen LogP contribution in [0.2, 0.25) is 0 Å². The summed E-state index contributed by atoms with van der Waals surface area (Å²) >= 11 is 1.39. The second-order valence-electron chi connectivity index (χ2n) is 4.20. The summed E-state index contributed by atoms with van der Waals surface area (Å²) < 4.78 is 0. The van der Waals surface area contributed by atoms with Crippen LogP contribution in [0.4, 0.5) is 5.82 Å². The molecule has 104 valence electrons. The van der Waals surface area contributed by atoms with E-state index in [-0.39, 0.29) is 17.3 Å². The van der Waals surface area contributed by atoms with Gasteiger partial charge in [-0.05, 0) is 37.1 Å². The molecule has 0 saturated heterocycles. The van der Waals surface area contributed by atoms with Crippen LogP contribution in [-0.4, -0.2) is 22.0 Å². The molecule has 2 rings (SSSR count). The van der Waals surface area contributed by atoms with E-state index in [1.54, 1.807) is 0 Å². The third kappa shape index (κ3) is 2.85. The van der Waals surface area contributed by atoms with Gasteiger partial charge in [-0.3, -0.25) is 4.79 Å². The first-order chi connectivity index (χ1) is 9.52. The minimum atomic E-state index is -1.12. The van der Waals surface area contributed by atoms with Crippen molar-refractivity contribution in [1.82, 2.24) is 4.98 Å². The second-order valence-corrected chi connectivity index (χ2v) is 5.46. The second kappa shape index (κ2) is 5.83. The summed E-state index contributed by atoms with van der Waals surface area (Å²) in [7, 11) is 0. The van der Waals surface area contributed by atoms with E-state index in [0.717, 1.165) is 16.9 Å². The fourth-order valence-corrected chi connectivity index (χ4v) is 2.84. The van der Waals surface area contributed by atoms with Gasteiger partial charge >= 0.3 is 5.97 Å². The number of carboxylic acid groups (broad SMARTS) is 1. The molecule has 2 heterocycles. The predicted octanol–water partition coefficient (Wildman–Crippen LogP) is 2.96. The van der Waals surface area contributed by atoms with Crippen LogP contribution < -0.4 is 5.32 Å². The van der Waals surface area contributed by atoms with Crippen LogP contribution in [0.5, 0.6) is 0 Å². The van der Waals surface area contributed by atoms with Crippen molar-refractivity contribution in [2.24, 2.45) is 0 Å². The van der Waals surface area contributed by atoms with Crippen LogP contribution >= 0.6 is 11.3 Å². The van der Waals surface area contributed by atoms with Crippen LogP contribution in [-0.2, 0) is 6.42 Å². The van der Waals surface area contributed by atoms with E-state index in [9.17, 15) is 9.59 Å². The molecule has 0 aromatic carbocycles. The Morgan fingerprint density at radius 2 is 2.20 bits per heavy atom. The Hall–Kier alpha value is -2.21. The molecule has 0 fully saturated rings. The Morgan fingerprint density at radius 3 is 2.80 bits per heavy atom. The molecule has 6 heteroatoms. The van der Waals surface area contributed by atoms with Crippen molar-refractivity contribution < 1.29 is 14.7 Å². The topological polar surface area (TPSA) is 79.3 Å². The lowest BCUT2D eigenvalue weighted by Crippen LogP contribution is -2.14. The van der Waals surface area contributed by atoms with Gasteiger partial charge in [-0.1, -0.05) is 6.92 Å². The Bertz CT molecular complexity index is 664. The highest BCUT2D eigenvalue weighted by atomic mass is 32.1. The zero-order chi connectivity index (χ0) is 14.7. The number of nitrogens with one attached hydrogen (secondary N) is 1. The highest BCUT2D eigenvalue weighted by molar-refractivity contribution is 7.14. The minimum absolute atomic E-state index is 0.0233. The number of carbonyl (C=O) groups is 2. The fourth-order valence-electron chi connectivity index (χ4n) is 1.83. The van der Waals surface area contributed by atoms with E-state index >= 15 is 0 Å². The molecule has 20 heavy (non-hydrogen) atoms. The maximum atomic E-state index is 12.1. The number of rotatable bonds is 4. The minimum Gasteiger partial charge on any atom is -0.478 e. The molecule has 0 radical (unpaired) electrons. The highest BCUT2D eigenvalue weighted by Gasteiger charge is 2.16. The summed E-state index contributed by atoms with van der Waals surface area (Å²) in [4.78, 5) is 28.8. The average Bonchev–Trinajstić information content (AvgIpc) is 2.80. The van der Waals surface area contributed by atoms with Gasteiger partial charge in [0.05, 0.1) is 4.88 Å². The third-order valence-electron chi connectivity index (χ3n) is 2.90. The summed E-state index contributed by atoms with van der Waals surface area (Å²) in [6, 6.07) is 4.75. The first kappa shape index (κ1) is 14.2. The zero-order valence-electron chi connectivity index (χ0n) is 11.1. The molecule has 1 amide bonds. The molecule has 0 saturated carbocycles. The average molecular weight is 290 g/mol. The standard InChI is InChI=1S/C14H14N2O3S/c1-3-9-7-11(20-8(9)2)13(17)16-12-10(14(18)19)5-4-6-15-12/h4-7H,3H2,1-2H3,(H,18,19)(H,15,16,17). The van der Waals surface area contributed by atoms with E-state index in [0.29, 0.717) is 4.88 Å². The fraction of sp³-hybridized carbons (Fsp3) is 0.214. The number of aromatic nitrogens is 1. The number of thiophene rings is 1. The summed E-state index contributed by atoms with van der Waals surface area (Å²) in [6.07, 6.45) is 2.30. The number of amides is 1. The number of pyridine rings is 1. The number of nitrogens with zero attached hydrogens (tertiary/aromatic N) is 1. The highest BCUT2D eigenvalue weighted by Crippen LogP contribution is 2.23. The first-order valence-electron chi connectivity index (χ1n) is 6.12. The number of carboxylic acids is 1. The zero-order valence-corrected chi connectivity index (χ0v) is 12.0. The molecule has 0 unspecified atom stereocenters. The van der Waals surface area contributed by atoms with Gasteiger partial charge in [0.1, 0.15) is 11.4 Å². The lowest BCUT2D eigenvalue weighted by molar-refractivity contribution is 0.0697. The van der Waals surface area contributed by atoms with Crippen molar-refractivity contribution in [2.45, 2.75) is 20.3 Å². The Kier molecular flexibility index (Phi) is 4.14. The van der Waals surface area contributed by atoms with Crippen molar-refractivity contribution in [3.05, 3.63) is 45.3 Å². The molecule has 0 aliphatic rings. The number of hydrogen-bond donors (Lipinski definition) is 2. The molecule has 2 aromatic rings. The van der Waals surface area contributed by atoms with E-state index < -0.39 is 5.97 Å². The van der Waals surface area contributed by atoms with Crippen molar-refractivity contribution in [2.75, 3.05) is 5.32 Å². The molecule has 5 nitrogen and oxygen atoms in total. The maximum Gasteiger partial charge on any atom is 0.339 e. The maximum absolute atomic E-state index is 12.1. The van der Waals surface area contributed by atoms with E-state index in [4.69, 9.17) is 5.11 Å². The van der Waals surface area contributed by atoms with E-state index in [1.807, 2.05) is 19.9 Å². The smallest absolute Gasteiger partial charge is 0.339 e. The van der Waals surface area contributed by atoms with Crippen molar-refractivity contribution in [1.29, 1.82) is 0 Å². The Morgan fingerprint density at radius 1 is 1.45 bits per heavy atom. The summed E-state index contributed by atoms with van der Waals surface area (Å²) in [5, 5.41) is 11.6. The number of anilines is 1. The van der Waals surface area contributed by atoms with Crippen LogP contribution in [0.25, 0.3) is 0 Å². The van der Waals surface area contributed by atoms with Crippen LogP contribution in [0, 0.1) is 6.92 Å². The normalized spacial score (nSPS) is 10.3. The molecule has 0 atom stereocenters. The SMILES string of the molecule is CCc1cc(C(=O)Nc2ncccc2C(=O)O)sc1C. The summed E-state index contributed by atoms with van der Waals surface area (Å²) in [6.45, 7) is 3.99. The van der Waals surface area contributed by atoms with Gasteiger partial charge in [0.2, 0.25) is 0 Å². The molecule has 0 aliphatic carbocycles. The Balaban J connectivity index is 2.25. The lowest BCUT2D eigenvalue weighted by Gasteiger charge is -2.05. The van der Waals surface area contributed by atoms with Gasteiger partial charge in [0.15, 0.2) is 0 Å². The van der Waals surface area contributed by atoms with E-state index in [1.165, 1.54) is 29.7 Å². The number of carbonyl (C=O) groups excluding carboxylic acids is 1. The van der Waals surface area contributed by atoms with Gasteiger partial charge in [0, 0.05) is 11.1 Å². The summed E-state index contributed by atoms with van der Waals surface area (Å²) in [5.74, 6) is -1.39. The van der Waals surface area contributed by atoms with Gasteiger partial charge < -0.3 is 10.4 Å². The number of hydrogen-bond acceptors (Lipinski definition) is 4. The molecule has 0 bridgehead atoms. The van der Waals surface area contributed by atoms with Gasteiger partial charge in [0.25, 0.3) is 5.91 Å².